The highest BCUT2D eigenvalue weighted by Gasteiger charge is 2.12. The standard InChI is InChI=1S/C24H23N3O4S/c1-3-13-31-18-11-9-16(10-12-18)14-19-22(28)25-24-27(26-19)23(29)21(32-24)15-17-7-5-6-8-20(17)30-4-2/h5-12,15H,3-4,13-14H2,1-2H3/b21-15+. The van der Waals surface area contributed by atoms with Crippen molar-refractivity contribution in [3.05, 3.63) is 90.6 Å². The SMILES string of the molecule is CCCOc1ccc(Cc2nn3c(=O)/c(=C\c4ccccc4OCC)sc3nc2=O)cc1. The van der Waals surface area contributed by atoms with Crippen LogP contribution < -0.4 is 25.1 Å². The summed E-state index contributed by atoms with van der Waals surface area (Å²) >= 11 is 1.13. The molecule has 0 N–H and O–H groups in total. The van der Waals surface area contributed by atoms with Crippen LogP contribution in [0.2, 0.25) is 0 Å². The number of para-hydroxylation sites is 1. The maximum absolute atomic E-state index is 12.9. The van der Waals surface area contributed by atoms with Crippen molar-refractivity contribution >= 4 is 22.4 Å². The lowest BCUT2D eigenvalue weighted by Gasteiger charge is -2.05. The van der Waals surface area contributed by atoms with Crippen LogP contribution >= 0.6 is 11.3 Å². The summed E-state index contributed by atoms with van der Waals surface area (Å²) in [6.07, 6.45) is 2.96. The Morgan fingerprint density at radius 3 is 2.56 bits per heavy atom. The first-order chi connectivity index (χ1) is 15.6. The Bertz CT molecular complexity index is 1390. The van der Waals surface area contributed by atoms with Crippen molar-refractivity contribution in [2.24, 2.45) is 0 Å². The predicted molar refractivity (Wildman–Crippen MR) is 125 cm³/mol. The molecule has 164 valence electrons. The lowest BCUT2D eigenvalue weighted by Crippen LogP contribution is -2.28. The quantitative estimate of drug-likeness (QED) is 0.411. The minimum Gasteiger partial charge on any atom is -0.494 e. The van der Waals surface area contributed by atoms with Gasteiger partial charge in [-0.2, -0.15) is 14.6 Å². The highest BCUT2D eigenvalue weighted by molar-refractivity contribution is 7.15. The van der Waals surface area contributed by atoms with Crippen LogP contribution in [0.15, 0.2) is 58.1 Å². The molecule has 0 fully saturated rings. The molecule has 4 rings (SSSR count). The van der Waals surface area contributed by atoms with Crippen molar-refractivity contribution in [3.8, 4) is 11.5 Å². The number of nitrogens with zero attached hydrogens (tertiary/aromatic N) is 3. The first kappa shape index (κ1) is 21.7. The fraction of sp³-hybridized carbons (Fsp3) is 0.250. The molecule has 2 aromatic heterocycles. The van der Waals surface area contributed by atoms with Gasteiger partial charge in [0.15, 0.2) is 0 Å². The van der Waals surface area contributed by atoms with E-state index in [4.69, 9.17) is 9.47 Å². The summed E-state index contributed by atoms with van der Waals surface area (Å²) < 4.78 is 12.9. The van der Waals surface area contributed by atoms with Crippen molar-refractivity contribution in [1.82, 2.24) is 14.6 Å². The van der Waals surface area contributed by atoms with Crippen LogP contribution in [0.1, 0.15) is 37.1 Å². The number of hydrogen-bond acceptors (Lipinski definition) is 7. The zero-order chi connectivity index (χ0) is 22.5. The lowest BCUT2D eigenvalue weighted by molar-refractivity contribution is 0.317. The molecule has 0 amide bonds. The zero-order valence-electron chi connectivity index (χ0n) is 17.9. The summed E-state index contributed by atoms with van der Waals surface area (Å²) in [6, 6.07) is 15.0. The monoisotopic (exact) mass is 449 g/mol. The summed E-state index contributed by atoms with van der Waals surface area (Å²) in [5.41, 5.74) is 1.15. The normalized spacial score (nSPS) is 11.8. The van der Waals surface area contributed by atoms with E-state index < -0.39 is 5.56 Å². The Balaban J connectivity index is 1.68. The molecule has 0 radical (unpaired) electrons. The van der Waals surface area contributed by atoms with Gasteiger partial charge < -0.3 is 9.47 Å². The summed E-state index contributed by atoms with van der Waals surface area (Å²) in [7, 11) is 0. The second-order valence-corrected chi connectivity index (χ2v) is 8.12. The fourth-order valence-electron chi connectivity index (χ4n) is 3.20. The van der Waals surface area contributed by atoms with E-state index in [1.54, 1.807) is 6.08 Å². The molecule has 0 aliphatic heterocycles. The number of hydrogen-bond donors (Lipinski definition) is 0. The first-order valence-electron chi connectivity index (χ1n) is 10.5. The number of fused-ring (bicyclic) bond motifs is 1. The molecule has 0 unspecified atom stereocenters. The van der Waals surface area contributed by atoms with Gasteiger partial charge in [-0.05, 0) is 43.2 Å². The molecule has 0 saturated heterocycles. The van der Waals surface area contributed by atoms with Gasteiger partial charge in [0.05, 0.1) is 17.7 Å². The Labute approximate surface area is 188 Å². The molecule has 0 aliphatic carbocycles. The molecule has 2 aromatic carbocycles. The minimum atomic E-state index is -0.432. The highest BCUT2D eigenvalue weighted by Crippen LogP contribution is 2.18. The van der Waals surface area contributed by atoms with Crippen molar-refractivity contribution in [3.63, 3.8) is 0 Å². The molecule has 32 heavy (non-hydrogen) atoms. The molecule has 0 bridgehead atoms. The Kier molecular flexibility index (Phi) is 6.61. The largest absolute Gasteiger partial charge is 0.494 e. The third-order valence-electron chi connectivity index (χ3n) is 4.72. The zero-order valence-corrected chi connectivity index (χ0v) is 18.7. The molecule has 0 spiro atoms. The van der Waals surface area contributed by atoms with Gasteiger partial charge in [-0.1, -0.05) is 48.6 Å². The first-order valence-corrected chi connectivity index (χ1v) is 11.3. The highest BCUT2D eigenvalue weighted by atomic mass is 32.1. The van der Waals surface area contributed by atoms with Crippen LogP contribution in [0.4, 0.5) is 0 Å². The van der Waals surface area contributed by atoms with Crippen LogP contribution in [0, 0.1) is 0 Å². The number of benzene rings is 2. The smallest absolute Gasteiger partial charge is 0.296 e. The van der Waals surface area contributed by atoms with Crippen LogP contribution in [0.5, 0.6) is 11.5 Å². The van der Waals surface area contributed by atoms with Gasteiger partial charge in [0.2, 0.25) is 4.96 Å². The van der Waals surface area contributed by atoms with E-state index in [0.717, 1.165) is 34.6 Å². The van der Waals surface area contributed by atoms with E-state index in [0.29, 0.717) is 23.5 Å². The molecular weight excluding hydrogens is 426 g/mol. The number of thiazole rings is 1. The van der Waals surface area contributed by atoms with Crippen molar-refractivity contribution in [2.75, 3.05) is 13.2 Å². The maximum Gasteiger partial charge on any atom is 0.296 e. The van der Waals surface area contributed by atoms with Crippen LogP contribution in [-0.4, -0.2) is 27.8 Å². The third kappa shape index (κ3) is 4.70. The Hall–Kier alpha value is -3.52. The Morgan fingerprint density at radius 2 is 1.81 bits per heavy atom. The Morgan fingerprint density at radius 1 is 1.03 bits per heavy atom. The average molecular weight is 450 g/mol. The van der Waals surface area contributed by atoms with E-state index >= 15 is 0 Å². The molecule has 7 nitrogen and oxygen atoms in total. The van der Waals surface area contributed by atoms with Gasteiger partial charge in [0, 0.05) is 12.0 Å². The van der Waals surface area contributed by atoms with Gasteiger partial charge in [0.25, 0.3) is 11.1 Å². The molecule has 0 aliphatic rings. The fourth-order valence-corrected chi connectivity index (χ4v) is 4.09. The average Bonchev–Trinajstić information content (AvgIpc) is 3.09. The number of aromatic nitrogens is 3. The van der Waals surface area contributed by atoms with E-state index in [1.807, 2.05) is 62.4 Å². The van der Waals surface area contributed by atoms with Crippen LogP contribution in [0.25, 0.3) is 11.0 Å². The molecule has 2 heterocycles. The van der Waals surface area contributed by atoms with Gasteiger partial charge >= 0.3 is 0 Å². The summed E-state index contributed by atoms with van der Waals surface area (Å²) in [4.78, 5) is 29.8. The third-order valence-corrected chi connectivity index (χ3v) is 5.68. The predicted octanol–water partition coefficient (Wildman–Crippen LogP) is 2.84. The lowest BCUT2D eigenvalue weighted by atomic mass is 10.1. The van der Waals surface area contributed by atoms with Gasteiger partial charge in [0.1, 0.15) is 17.2 Å². The van der Waals surface area contributed by atoms with Gasteiger partial charge in [-0.15, -0.1) is 0 Å². The van der Waals surface area contributed by atoms with Gasteiger partial charge in [-0.3, -0.25) is 9.59 Å². The second-order valence-electron chi connectivity index (χ2n) is 7.11. The minimum absolute atomic E-state index is 0.223. The molecule has 8 heteroatoms. The summed E-state index contributed by atoms with van der Waals surface area (Å²) in [5.74, 6) is 1.47. The van der Waals surface area contributed by atoms with Crippen molar-refractivity contribution in [1.29, 1.82) is 0 Å². The summed E-state index contributed by atoms with van der Waals surface area (Å²) in [6.45, 7) is 5.13. The molecule has 4 aromatic rings. The van der Waals surface area contributed by atoms with Crippen molar-refractivity contribution < 1.29 is 9.47 Å². The van der Waals surface area contributed by atoms with Gasteiger partial charge in [-0.25, -0.2) is 0 Å². The molecule has 0 atom stereocenters. The maximum atomic E-state index is 12.9. The van der Waals surface area contributed by atoms with E-state index in [9.17, 15) is 9.59 Å². The number of rotatable bonds is 8. The second kappa shape index (κ2) is 9.74. The van der Waals surface area contributed by atoms with Crippen LogP contribution in [-0.2, 0) is 6.42 Å². The van der Waals surface area contributed by atoms with E-state index in [1.165, 1.54) is 4.52 Å². The molecule has 0 saturated carbocycles. The topological polar surface area (TPSA) is 82.8 Å². The summed E-state index contributed by atoms with van der Waals surface area (Å²) in [5, 5.41) is 4.32. The van der Waals surface area contributed by atoms with Crippen LogP contribution in [0.3, 0.4) is 0 Å². The van der Waals surface area contributed by atoms with E-state index in [2.05, 4.69) is 10.1 Å². The van der Waals surface area contributed by atoms with Crippen molar-refractivity contribution in [2.45, 2.75) is 26.7 Å². The van der Waals surface area contributed by atoms with E-state index in [-0.39, 0.29) is 22.6 Å². The number of ether oxygens (including phenoxy) is 2. The molecular formula is C24H23N3O4S.